The Morgan fingerprint density at radius 1 is 1.22 bits per heavy atom. The molecule has 0 aromatic carbocycles. The standard InChI is InChI=1S/C4H7BF3.K/c1-4(2)3-5(6,7)8;/h3H,1-2H3;/q-1;+1. The molecule has 0 aromatic rings. The Labute approximate surface area is 95.4 Å². The van der Waals surface area contributed by atoms with Gasteiger partial charge in [-0.3, -0.25) is 0 Å². The molecule has 0 nitrogen and oxygen atoms in total. The van der Waals surface area contributed by atoms with Crippen molar-refractivity contribution in [3.63, 3.8) is 0 Å². The number of halogens is 3. The first-order chi connectivity index (χ1) is 3.42. The maximum atomic E-state index is 11.3. The summed E-state index contributed by atoms with van der Waals surface area (Å²) in [4.78, 5) is 0. The van der Waals surface area contributed by atoms with E-state index in [1.807, 2.05) is 0 Å². The summed E-state index contributed by atoms with van der Waals surface area (Å²) < 4.78 is 33.9. The van der Waals surface area contributed by atoms with Crippen LogP contribution < -0.4 is 51.4 Å². The third-order valence-corrected chi connectivity index (χ3v) is 0.522. The zero-order valence-electron chi connectivity index (χ0n) is 5.79. The van der Waals surface area contributed by atoms with Crippen molar-refractivity contribution in [1.29, 1.82) is 0 Å². The van der Waals surface area contributed by atoms with Gasteiger partial charge in [0.1, 0.15) is 0 Å². The van der Waals surface area contributed by atoms with Crippen molar-refractivity contribution in [2.75, 3.05) is 0 Å². The van der Waals surface area contributed by atoms with Gasteiger partial charge in [-0.25, -0.2) is 0 Å². The van der Waals surface area contributed by atoms with Gasteiger partial charge in [-0.2, -0.15) is 0 Å². The van der Waals surface area contributed by atoms with Gasteiger partial charge in [0, 0.05) is 0 Å². The van der Waals surface area contributed by atoms with Gasteiger partial charge < -0.3 is 12.9 Å². The van der Waals surface area contributed by atoms with Gasteiger partial charge in [0.15, 0.2) is 0 Å². The maximum absolute atomic E-state index is 11.3. The summed E-state index contributed by atoms with van der Waals surface area (Å²) in [5, 5.41) is 0. The van der Waals surface area contributed by atoms with Crippen molar-refractivity contribution in [3.8, 4) is 0 Å². The molecule has 0 heterocycles. The molecule has 0 spiro atoms. The molecule has 48 valence electrons. The molecule has 0 aromatic heterocycles. The van der Waals surface area contributed by atoms with E-state index < -0.39 is 6.98 Å². The number of rotatable bonds is 1. The van der Waals surface area contributed by atoms with Crippen molar-refractivity contribution in [2.45, 2.75) is 13.8 Å². The minimum atomic E-state index is -4.70. The van der Waals surface area contributed by atoms with Crippen LogP contribution in [-0.4, -0.2) is 6.98 Å². The van der Waals surface area contributed by atoms with E-state index in [0.29, 0.717) is 11.5 Å². The molecule has 0 atom stereocenters. The van der Waals surface area contributed by atoms with E-state index >= 15 is 0 Å². The zero-order valence-corrected chi connectivity index (χ0v) is 8.91. The number of hydrogen-bond acceptors (Lipinski definition) is 0. The first-order valence-electron chi connectivity index (χ1n) is 2.28. The molecule has 0 fully saturated rings. The molecule has 0 saturated heterocycles. The molecule has 0 aliphatic rings. The van der Waals surface area contributed by atoms with Gasteiger partial charge >= 0.3 is 58.4 Å². The van der Waals surface area contributed by atoms with E-state index in [0.717, 1.165) is 0 Å². The van der Waals surface area contributed by atoms with Crippen LogP contribution in [0.25, 0.3) is 0 Å². The van der Waals surface area contributed by atoms with Crippen molar-refractivity contribution in [1.82, 2.24) is 0 Å². The van der Waals surface area contributed by atoms with Gasteiger partial charge in [0.25, 0.3) is 0 Å². The smallest absolute Gasteiger partial charge is 0.445 e. The fraction of sp³-hybridized carbons (Fsp3) is 0.500. The normalized spacial score (nSPS) is 9.89. The second-order valence-electron chi connectivity index (χ2n) is 1.87. The Morgan fingerprint density at radius 3 is 1.56 bits per heavy atom. The molecule has 0 N–H and O–H groups in total. The molecular weight excluding hydrogens is 155 g/mol. The first kappa shape index (κ1) is 12.9. The van der Waals surface area contributed by atoms with Crippen molar-refractivity contribution < 1.29 is 64.3 Å². The van der Waals surface area contributed by atoms with Gasteiger partial charge in [-0.1, -0.05) is 0 Å². The molecule has 0 unspecified atom stereocenters. The van der Waals surface area contributed by atoms with Crippen LogP contribution in [0.1, 0.15) is 13.8 Å². The van der Waals surface area contributed by atoms with Crippen LogP contribution in [0.5, 0.6) is 0 Å². The summed E-state index contributed by atoms with van der Waals surface area (Å²) in [6.07, 6.45) is 0. The van der Waals surface area contributed by atoms with E-state index in [1.54, 1.807) is 0 Å². The minimum absolute atomic E-state index is 0. The van der Waals surface area contributed by atoms with Gasteiger partial charge in [-0.15, -0.1) is 11.5 Å². The van der Waals surface area contributed by atoms with Crippen LogP contribution in [0.15, 0.2) is 11.5 Å². The average Bonchev–Trinajstić information content (AvgIpc) is 1.21. The molecule has 0 amide bonds. The van der Waals surface area contributed by atoms with Crippen LogP contribution in [0, 0.1) is 0 Å². The molecule has 9 heavy (non-hydrogen) atoms. The number of hydrogen-bond donors (Lipinski definition) is 0. The van der Waals surface area contributed by atoms with E-state index in [-0.39, 0.29) is 51.4 Å². The number of allylic oxidation sites excluding steroid dienone is 1. The monoisotopic (exact) mass is 162 g/mol. The topological polar surface area (TPSA) is 0 Å². The van der Waals surface area contributed by atoms with Crippen LogP contribution in [-0.2, 0) is 0 Å². The molecule has 0 saturated carbocycles. The van der Waals surface area contributed by atoms with Crippen molar-refractivity contribution in [3.05, 3.63) is 11.5 Å². The Balaban J connectivity index is 0. The van der Waals surface area contributed by atoms with Gasteiger partial charge in [0.2, 0.25) is 0 Å². The van der Waals surface area contributed by atoms with E-state index in [1.165, 1.54) is 13.8 Å². The summed E-state index contributed by atoms with van der Waals surface area (Å²) in [5.41, 5.74) is 0.303. The van der Waals surface area contributed by atoms with E-state index in [2.05, 4.69) is 0 Å². The summed E-state index contributed by atoms with van der Waals surface area (Å²) in [6, 6.07) is 0. The first-order valence-corrected chi connectivity index (χ1v) is 2.28. The molecule has 0 aliphatic carbocycles. The summed E-state index contributed by atoms with van der Waals surface area (Å²) >= 11 is 0. The van der Waals surface area contributed by atoms with Crippen molar-refractivity contribution >= 4 is 6.98 Å². The molecular formula is C4H7BF3K. The van der Waals surface area contributed by atoms with Crippen LogP contribution in [0.2, 0.25) is 0 Å². The average molecular weight is 162 g/mol. The Kier molecular flexibility index (Phi) is 7.09. The Morgan fingerprint density at radius 2 is 1.56 bits per heavy atom. The molecule has 0 radical (unpaired) electrons. The summed E-state index contributed by atoms with van der Waals surface area (Å²) in [5.74, 6) is 0.333. The zero-order chi connectivity index (χ0) is 6.78. The predicted octanol–water partition coefficient (Wildman–Crippen LogP) is -0.657. The van der Waals surface area contributed by atoms with Crippen LogP contribution >= 0.6 is 0 Å². The fourth-order valence-electron chi connectivity index (χ4n) is 0.378. The SMILES string of the molecule is CC(C)=C[B-](F)(F)F.[K+]. The second kappa shape index (κ2) is 4.96. The van der Waals surface area contributed by atoms with Crippen LogP contribution in [0.3, 0.4) is 0 Å². The quantitative estimate of drug-likeness (QED) is 0.449. The maximum Gasteiger partial charge on any atom is 1.00 e. The van der Waals surface area contributed by atoms with Gasteiger partial charge in [-0.05, 0) is 13.8 Å². The fourth-order valence-corrected chi connectivity index (χ4v) is 0.378. The summed E-state index contributed by atoms with van der Waals surface area (Å²) in [6.45, 7) is -1.85. The molecule has 0 aliphatic heterocycles. The van der Waals surface area contributed by atoms with E-state index in [4.69, 9.17) is 0 Å². The molecule has 0 bridgehead atoms. The Hall–Kier alpha value is 1.23. The van der Waals surface area contributed by atoms with Crippen LogP contribution in [0.4, 0.5) is 12.9 Å². The second-order valence-corrected chi connectivity index (χ2v) is 1.87. The largest absolute Gasteiger partial charge is 1.00 e. The molecule has 5 heteroatoms. The minimum Gasteiger partial charge on any atom is -0.445 e. The summed E-state index contributed by atoms with van der Waals surface area (Å²) in [7, 11) is 0. The Bertz CT molecular complexity index is 103. The predicted molar refractivity (Wildman–Crippen MR) is 28.5 cm³/mol. The van der Waals surface area contributed by atoms with E-state index in [9.17, 15) is 12.9 Å². The third kappa shape index (κ3) is 12.4. The third-order valence-electron chi connectivity index (χ3n) is 0.522. The molecule has 0 rings (SSSR count). The van der Waals surface area contributed by atoms with Crippen molar-refractivity contribution in [2.24, 2.45) is 0 Å². The van der Waals surface area contributed by atoms with Gasteiger partial charge in [0.05, 0.1) is 0 Å².